The van der Waals surface area contributed by atoms with Crippen molar-refractivity contribution in [1.82, 2.24) is 0 Å². The third kappa shape index (κ3) is 3.06. The van der Waals surface area contributed by atoms with E-state index in [1.54, 1.807) is 24.3 Å². The average molecular weight is 269 g/mol. The van der Waals surface area contributed by atoms with Gasteiger partial charge in [0, 0.05) is 11.4 Å². The highest BCUT2D eigenvalue weighted by atomic mass is 35.5. The van der Waals surface area contributed by atoms with Crippen molar-refractivity contribution in [3.05, 3.63) is 70.2 Å². The standard InChI is InChI=1S/C14H11ClF2O/c15-11-3-1-2-9(6-11)14(18)8-10-7-12(16)4-5-13(10)17/h1-7,14,18H,8H2. The fourth-order valence-electron chi connectivity index (χ4n) is 1.74. The van der Waals surface area contributed by atoms with Crippen LogP contribution in [0.15, 0.2) is 42.5 Å². The number of benzene rings is 2. The molecule has 0 fully saturated rings. The molecule has 0 aromatic heterocycles. The van der Waals surface area contributed by atoms with E-state index < -0.39 is 17.7 Å². The van der Waals surface area contributed by atoms with Crippen LogP contribution in [0.1, 0.15) is 17.2 Å². The van der Waals surface area contributed by atoms with Gasteiger partial charge in [-0.15, -0.1) is 0 Å². The highest BCUT2D eigenvalue weighted by Gasteiger charge is 2.12. The maximum atomic E-state index is 13.4. The molecular weight excluding hydrogens is 258 g/mol. The summed E-state index contributed by atoms with van der Waals surface area (Å²) in [6.07, 6.45) is -0.913. The van der Waals surface area contributed by atoms with Gasteiger partial charge in [-0.1, -0.05) is 23.7 Å². The Morgan fingerprint density at radius 3 is 2.61 bits per heavy atom. The van der Waals surface area contributed by atoms with E-state index >= 15 is 0 Å². The van der Waals surface area contributed by atoms with Gasteiger partial charge in [-0.25, -0.2) is 8.78 Å². The Balaban J connectivity index is 2.21. The molecule has 0 heterocycles. The largest absolute Gasteiger partial charge is 0.388 e. The number of aliphatic hydroxyl groups excluding tert-OH is 1. The first-order valence-electron chi connectivity index (χ1n) is 5.44. The van der Waals surface area contributed by atoms with Gasteiger partial charge in [0.2, 0.25) is 0 Å². The first kappa shape index (κ1) is 13.0. The Bertz CT molecular complexity index is 557. The van der Waals surface area contributed by atoms with E-state index in [2.05, 4.69) is 0 Å². The van der Waals surface area contributed by atoms with Crippen molar-refractivity contribution in [1.29, 1.82) is 0 Å². The van der Waals surface area contributed by atoms with Crippen molar-refractivity contribution in [2.45, 2.75) is 12.5 Å². The minimum atomic E-state index is -0.917. The summed E-state index contributed by atoms with van der Waals surface area (Å²) < 4.78 is 26.4. The number of hydrogen-bond acceptors (Lipinski definition) is 1. The van der Waals surface area contributed by atoms with E-state index in [-0.39, 0.29) is 12.0 Å². The number of aliphatic hydroxyl groups is 1. The summed E-state index contributed by atoms with van der Waals surface area (Å²) in [5.74, 6) is -1.05. The van der Waals surface area contributed by atoms with Crippen LogP contribution in [0.2, 0.25) is 5.02 Å². The van der Waals surface area contributed by atoms with Crippen molar-refractivity contribution < 1.29 is 13.9 Å². The summed E-state index contributed by atoms with van der Waals surface area (Å²) in [5.41, 5.74) is 0.716. The van der Waals surface area contributed by atoms with E-state index in [9.17, 15) is 13.9 Å². The maximum absolute atomic E-state index is 13.4. The van der Waals surface area contributed by atoms with Crippen molar-refractivity contribution in [3.63, 3.8) is 0 Å². The highest BCUT2D eigenvalue weighted by Crippen LogP contribution is 2.22. The van der Waals surface area contributed by atoms with Crippen LogP contribution in [0.5, 0.6) is 0 Å². The van der Waals surface area contributed by atoms with Gasteiger partial charge in [0.15, 0.2) is 0 Å². The molecule has 0 aliphatic carbocycles. The van der Waals surface area contributed by atoms with Gasteiger partial charge >= 0.3 is 0 Å². The molecule has 94 valence electrons. The number of rotatable bonds is 3. The summed E-state index contributed by atoms with van der Waals surface area (Å²) in [5, 5.41) is 10.5. The van der Waals surface area contributed by atoms with Crippen LogP contribution in [0.25, 0.3) is 0 Å². The summed E-state index contributed by atoms with van der Waals surface area (Å²) in [4.78, 5) is 0. The van der Waals surface area contributed by atoms with Crippen molar-refractivity contribution >= 4 is 11.6 Å². The minimum absolute atomic E-state index is 0.00390. The molecule has 0 saturated carbocycles. The van der Waals surface area contributed by atoms with Gasteiger partial charge in [-0.2, -0.15) is 0 Å². The van der Waals surface area contributed by atoms with Gasteiger partial charge in [-0.3, -0.25) is 0 Å². The van der Waals surface area contributed by atoms with E-state index in [1.165, 1.54) is 0 Å². The zero-order valence-corrected chi connectivity index (χ0v) is 10.2. The lowest BCUT2D eigenvalue weighted by Crippen LogP contribution is -2.04. The monoisotopic (exact) mass is 268 g/mol. The van der Waals surface area contributed by atoms with Crippen molar-refractivity contribution in [3.8, 4) is 0 Å². The van der Waals surface area contributed by atoms with Crippen LogP contribution in [0.3, 0.4) is 0 Å². The molecule has 0 aliphatic heterocycles. The van der Waals surface area contributed by atoms with Gasteiger partial charge in [0.05, 0.1) is 6.10 Å². The second kappa shape index (κ2) is 5.46. The summed E-state index contributed by atoms with van der Waals surface area (Å²) in [6.45, 7) is 0. The van der Waals surface area contributed by atoms with Crippen LogP contribution >= 0.6 is 11.6 Å². The first-order chi connectivity index (χ1) is 8.56. The SMILES string of the molecule is OC(Cc1cc(F)ccc1F)c1cccc(Cl)c1. The minimum Gasteiger partial charge on any atom is -0.388 e. The molecule has 2 rings (SSSR count). The van der Waals surface area contributed by atoms with Gasteiger partial charge in [0.25, 0.3) is 0 Å². The molecule has 1 atom stereocenters. The van der Waals surface area contributed by atoms with Crippen molar-refractivity contribution in [2.75, 3.05) is 0 Å². The summed E-state index contributed by atoms with van der Waals surface area (Å²) >= 11 is 5.80. The van der Waals surface area contributed by atoms with Crippen molar-refractivity contribution in [2.24, 2.45) is 0 Å². The Kier molecular flexibility index (Phi) is 3.94. The molecule has 1 N–H and O–H groups in total. The Morgan fingerprint density at radius 2 is 1.89 bits per heavy atom. The fourth-order valence-corrected chi connectivity index (χ4v) is 1.94. The topological polar surface area (TPSA) is 20.2 Å². The molecule has 0 spiro atoms. The van der Waals surface area contributed by atoms with Gasteiger partial charge in [0.1, 0.15) is 11.6 Å². The number of halogens is 3. The third-order valence-corrected chi connectivity index (χ3v) is 2.89. The predicted octanol–water partition coefficient (Wildman–Crippen LogP) is 3.89. The van der Waals surface area contributed by atoms with Crippen LogP contribution in [0, 0.1) is 11.6 Å². The molecule has 18 heavy (non-hydrogen) atoms. The van der Waals surface area contributed by atoms with E-state index in [1.807, 2.05) is 0 Å². The Morgan fingerprint density at radius 1 is 1.11 bits per heavy atom. The molecule has 0 radical (unpaired) electrons. The molecular formula is C14H11ClF2O. The predicted molar refractivity (Wildman–Crippen MR) is 66.5 cm³/mol. The van der Waals surface area contributed by atoms with E-state index in [4.69, 9.17) is 11.6 Å². The lowest BCUT2D eigenvalue weighted by atomic mass is 10.0. The first-order valence-corrected chi connectivity index (χ1v) is 5.81. The maximum Gasteiger partial charge on any atom is 0.126 e. The summed E-state index contributed by atoms with van der Waals surface area (Å²) in [7, 11) is 0. The summed E-state index contributed by atoms with van der Waals surface area (Å²) in [6, 6.07) is 9.85. The van der Waals surface area contributed by atoms with Crippen LogP contribution in [0.4, 0.5) is 8.78 Å². The molecule has 2 aromatic carbocycles. The average Bonchev–Trinajstić information content (AvgIpc) is 2.34. The quantitative estimate of drug-likeness (QED) is 0.895. The van der Waals surface area contributed by atoms with Crippen LogP contribution < -0.4 is 0 Å². The molecule has 0 aliphatic rings. The Hall–Kier alpha value is -1.45. The second-order valence-electron chi connectivity index (χ2n) is 4.01. The lowest BCUT2D eigenvalue weighted by Gasteiger charge is -2.12. The third-order valence-electron chi connectivity index (χ3n) is 2.65. The molecule has 0 saturated heterocycles. The molecule has 1 unspecified atom stereocenters. The molecule has 2 aromatic rings. The number of hydrogen-bond donors (Lipinski definition) is 1. The molecule has 0 bridgehead atoms. The zero-order chi connectivity index (χ0) is 13.1. The lowest BCUT2D eigenvalue weighted by molar-refractivity contribution is 0.177. The molecule has 1 nitrogen and oxygen atoms in total. The van der Waals surface area contributed by atoms with E-state index in [0.717, 1.165) is 18.2 Å². The Labute approximate surface area is 109 Å². The van der Waals surface area contributed by atoms with Gasteiger partial charge < -0.3 is 5.11 Å². The van der Waals surface area contributed by atoms with Crippen LogP contribution in [-0.4, -0.2) is 5.11 Å². The van der Waals surface area contributed by atoms with Crippen LogP contribution in [-0.2, 0) is 6.42 Å². The van der Waals surface area contributed by atoms with Gasteiger partial charge in [-0.05, 0) is 41.5 Å². The molecule has 4 heteroatoms. The normalized spacial score (nSPS) is 12.4. The van der Waals surface area contributed by atoms with E-state index in [0.29, 0.717) is 10.6 Å². The zero-order valence-electron chi connectivity index (χ0n) is 9.41. The second-order valence-corrected chi connectivity index (χ2v) is 4.45. The fraction of sp³-hybridized carbons (Fsp3) is 0.143. The highest BCUT2D eigenvalue weighted by molar-refractivity contribution is 6.30. The molecule has 0 amide bonds. The smallest absolute Gasteiger partial charge is 0.126 e.